The van der Waals surface area contributed by atoms with E-state index in [1.165, 1.54) is 12.1 Å². The van der Waals surface area contributed by atoms with Gasteiger partial charge in [-0.05, 0) is 60.5 Å². The minimum atomic E-state index is -1.11. The maximum atomic E-state index is 13.4. The van der Waals surface area contributed by atoms with Crippen molar-refractivity contribution in [3.05, 3.63) is 89.9 Å². The molecule has 39 heavy (non-hydrogen) atoms. The maximum Gasteiger partial charge on any atom is 0.243 e. The number of benzene rings is 3. The van der Waals surface area contributed by atoms with Crippen molar-refractivity contribution in [2.24, 2.45) is 0 Å². The lowest BCUT2D eigenvalue weighted by atomic mass is 10.0. The van der Waals surface area contributed by atoms with Crippen LogP contribution in [-0.4, -0.2) is 55.7 Å². The molecule has 3 aromatic carbocycles. The van der Waals surface area contributed by atoms with E-state index < -0.39 is 11.8 Å². The van der Waals surface area contributed by atoms with E-state index in [4.69, 9.17) is 14.7 Å². The summed E-state index contributed by atoms with van der Waals surface area (Å²) < 4.78 is 18.6. The van der Waals surface area contributed by atoms with Crippen LogP contribution in [0.1, 0.15) is 17.2 Å². The molecule has 198 valence electrons. The Morgan fingerprint density at radius 3 is 2.26 bits per heavy atom. The van der Waals surface area contributed by atoms with Gasteiger partial charge in [-0.2, -0.15) is 5.26 Å². The van der Waals surface area contributed by atoms with Crippen molar-refractivity contribution >= 4 is 28.4 Å². The van der Waals surface area contributed by atoms with Gasteiger partial charge in [0.25, 0.3) is 0 Å². The molecule has 2 heterocycles. The molecule has 5 rings (SSSR count). The molecule has 1 amide bonds. The molecule has 1 fully saturated rings. The Kier molecular flexibility index (Phi) is 7.83. The number of hydrogen-bond acceptors (Lipinski definition) is 7. The van der Waals surface area contributed by atoms with Crippen LogP contribution in [0.3, 0.4) is 0 Å². The third kappa shape index (κ3) is 5.91. The third-order valence-corrected chi connectivity index (χ3v) is 6.89. The van der Waals surface area contributed by atoms with Gasteiger partial charge in [0.15, 0.2) is 11.7 Å². The number of methoxy groups -OCH3 is 1. The van der Waals surface area contributed by atoms with Gasteiger partial charge in [-0.1, -0.05) is 24.3 Å². The quantitative estimate of drug-likeness (QED) is 0.371. The number of carbonyl (C=O) groups excluding carboxylic acids is 1. The lowest BCUT2D eigenvalue weighted by Crippen LogP contribution is -2.47. The lowest BCUT2D eigenvalue weighted by Gasteiger charge is -2.37. The standard InChI is InChI=1S/C30H29FN6O2/c1-39-24-12-6-21(7-13-24)14-15-33-30(38)25(20-32)28-29(35-27-5-3-2-4-26(27)34-28)37-18-16-36(17-19-37)23-10-8-22(31)9-11-23/h2-13,25H,14-19H2,1H3,(H,33,38)/t25-/m0/s1. The second-order valence-electron chi connectivity index (χ2n) is 9.32. The first-order valence-corrected chi connectivity index (χ1v) is 12.9. The van der Waals surface area contributed by atoms with Gasteiger partial charge in [0, 0.05) is 38.4 Å². The number of nitriles is 1. The molecule has 0 aliphatic carbocycles. The van der Waals surface area contributed by atoms with Crippen molar-refractivity contribution in [1.29, 1.82) is 5.26 Å². The first kappa shape index (κ1) is 25.9. The highest BCUT2D eigenvalue weighted by atomic mass is 19.1. The number of anilines is 2. The van der Waals surface area contributed by atoms with Gasteiger partial charge in [-0.25, -0.2) is 14.4 Å². The zero-order valence-electron chi connectivity index (χ0n) is 21.7. The molecule has 0 radical (unpaired) electrons. The molecular weight excluding hydrogens is 495 g/mol. The predicted molar refractivity (Wildman–Crippen MR) is 148 cm³/mol. The van der Waals surface area contributed by atoms with Gasteiger partial charge in [-0.3, -0.25) is 4.79 Å². The largest absolute Gasteiger partial charge is 0.497 e. The van der Waals surface area contributed by atoms with Crippen LogP contribution < -0.4 is 19.9 Å². The number of fused-ring (bicyclic) bond motifs is 1. The van der Waals surface area contributed by atoms with Gasteiger partial charge in [0.05, 0.1) is 24.2 Å². The Bertz CT molecular complexity index is 1480. The lowest BCUT2D eigenvalue weighted by molar-refractivity contribution is -0.121. The molecule has 1 saturated heterocycles. The summed E-state index contributed by atoms with van der Waals surface area (Å²) in [6.07, 6.45) is 0.621. The molecule has 1 aromatic heterocycles. The molecule has 1 aliphatic heterocycles. The van der Waals surface area contributed by atoms with Crippen molar-refractivity contribution in [3.8, 4) is 11.8 Å². The highest BCUT2D eigenvalue weighted by Gasteiger charge is 2.30. The van der Waals surface area contributed by atoms with E-state index in [2.05, 4.69) is 21.2 Å². The van der Waals surface area contributed by atoms with Crippen LogP contribution in [0.4, 0.5) is 15.9 Å². The van der Waals surface area contributed by atoms with Crippen LogP contribution in [-0.2, 0) is 11.2 Å². The number of para-hydroxylation sites is 2. The number of carbonyl (C=O) groups is 1. The van der Waals surface area contributed by atoms with Crippen molar-refractivity contribution in [1.82, 2.24) is 15.3 Å². The van der Waals surface area contributed by atoms with Gasteiger partial charge in [-0.15, -0.1) is 0 Å². The predicted octanol–water partition coefficient (Wildman–Crippen LogP) is 4.07. The van der Waals surface area contributed by atoms with E-state index in [9.17, 15) is 14.4 Å². The van der Waals surface area contributed by atoms with Crippen molar-refractivity contribution in [2.45, 2.75) is 12.3 Å². The van der Waals surface area contributed by atoms with Crippen LogP contribution in [0.5, 0.6) is 5.75 Å². The Balaban J connectivity index is 1.34. The Labute approximate surface area is 226 Å². The summed E-state index contributed by atoms with van der Waals surface area (Å²) in [5.74, 6) is -0.458. The van der Waals surface area contributed by atoms with Crippen molar-refractivity contribution in [3.63, 3.8) is 0 Å². The Morgan fingerprint density at radius 2 is 1.62 bits per heavy atom. The topological polar surface area (TPSA) is 94.4 Å². The fraction of sp³-hybridized carbons (Fsp3) is 0.267. The summed E-state index contributed by atoms with van der Waals surface area (Å²) in [4.78, 5) is 27.1. The summed E-state index contributed by atoms with van der Waals surface area (Å²) in [7, 11) is 1.62. The van der Waals surface area contributed by atoms with Crippen LogP contribution in [0.2, 0.25) is 0 Å². The average Bonchev–Trinajstić information content (AvgIpc) is 2.98. The maximum absolute atomic E-state index is 13.4. The third-order valence-electron chi connectivity index (χ3n) is 6.89. The van der Waals surface area contributed by atoms with Gasteiger partial charge in [0.2, 0.25) is 5.91 Å². The molecule has 1 N–H and O–H groups in total. The highest BCUT2D eigenvalue weighted by Crippen LogP contribution is 2.29. The summed E-state index contributed by atoms with van der Waals surface area (Å²) in [6.45, 7) is 3.00. The van der Waals surface area contributed by atoms with Gasteiger partial charge in [0.1, 0.15) is 17.3 Å². The van der Waals surface area contributed by atoms with Gasteiger partial charge >= 0.3 is 0 Å². The second kappa shape index (κ2) is 11.8. The first-order valence-electron chi connectivity index (χ1n) is 12.9. The zero-order chi connectivity index (χ0) is 27.2. The number of aromatic nitrogens is 2. The molecule has 8 nitrogen and oxygen atoms in total. The average molecular weight is 525 g/mol. The smallest absolute Gasteiger partial charge is 0.243 e. The van der Waals surface area contributed by atoms with Crippen LogP contribution in [0, 0.1) is 17.1 Å². The summed E-state index contributed by atoms with van der Waals surface area (Å²) >= 11 is 0. The van der Waals surface area contributed by atoms with E-state index in [0.29, 0.717) is 61.7 Å². The number of amides is 1. The summed E-state index contributed by atoms with van der Waals surface area (Å²) in [5.41, 5.74) is 3.69. The number of halogens is 1. The molecule has 0 unspecified atom stereocenters. The molecule has 9 heteroatoms. The first-order chi connectivity index (χ1) is 19.1. The molecular formula is C30H29FN6O2. The van der Waals surface area contributed by atoms with Crippen LogP contribution >= 0.6 is 0 Å². The molecule has 0 bridgehead atoms. The number of hydrogen-bond donors (Lipinski definition) is 1. The molecule has 1 atom stereocenters. The van der Waals surface area contributed by atoms with Crippen molar-refractivity contribution < 1.29 is 13.9 Å². The number of nitrogens with zero attached hydrogens (tertiary/aromatic N) is 5. The van der Waals surface area contributed by atoms with Crippen LogP contribution in [0.25, 0.3) is 11.0 Å². The monoisotopic (exact) mass is 524 g/mol. The normalized spacial score (nSPS) is 14.1. The minimum absolute atomic E-state index is 0.265. The minimum Gasteiger partial charge on any atom is -0.497 e. The molecule has 0 saturated carbocycles. The fourth-order valence-electron chi connectivity index (χ4n) is 4.73. The van der Waals surface area contributed by atoms with Gasteiger partial charge < -0.3 is 19.9 Å². The summed E-state index contributed by atoms with van der Waals surface area (Å²) in [6, 6.07) is 23.7. The zero-order valence-corrected chi connectivity index (χ0v) is 21.7. The summed E-state index contributed by atoms with van der Waals surface area (Å²) in [5, 5.41) is 13.0. The number of rotatable bonds is 8. The van der Waals surface area contributed by atoms with Crippen molar-refractivity contribution in [2.75, 3.05) is 49.6 Å². The van der Waals surface area contributed by atoms with Crippen LogP contribution in [0.15, 0.2) is 72.8 Å². The van der Waals surface area contributed by atoms with E-state index in [-0.39, 0.29) is 5.82 Å². The number of piperazine rings is 1. The second-order valence-corrected chi connectivity index (χ2v) is 9.32. The molecule has 4 aromatic rings. The van der Waals surface area contributed by atoms with E-state index in [1.807, 2.05) is 48.5 Å². The fourth-order valence-corrected chi connectivity index (χ4v) is 4.73. The molecule has 1 aliphatic rings. The highest BCUT2D eigenvalue weighted by molar-refractivity contribution is 5.89. The SMILES string of the molecule is COc1ccc(CCNC(=O)[C@@H](C#N)c2nc3ccccc3nc2N2CCN(c3ccc(F)cc3)CC2)cc1. The number of nitrogens with one attached hydrogen (secondary N) is 1. The van der Waals surface area contributed by atoms with E-state index in [1.54, 1.807) is 19.2 Å². The molecule has 0 spiro atoms. The van der Waals surface area contributed by atoms with E-state index in [0.717, 1.165) is 17.0 Å². The van der Waals surface area contributed by atoms with E-state index >= 15 is 0 Å². The Morgan fingerprint density at radius 1 is 0.974 bits per heavy atom. The number of ether oxygens (including phenoxy) is 1. The Hall–Kier alpha value is -4.71.